The summed E-state index contributed by atoms with van der Waals surface area (Å²) < 4.78 is 6.86. The van der Waals surface area contributed by atoms with E-state index in [4.69, 9.17) is 4.74 Å². The largest absolute Gasteiger partial charge is 0.461 e. The van der Waals surface area contributed by atoms with Crippen molar-refractivity contribution in [1.29, 1.82) is 0 Å². The van der Waals surface area contributed by atoms with Crippen LogP contribution >= 0.6 is 0 Å². The highest BCUT2D eigenvalue weighted by Crippen LogP contribution is 2.33. The number of amides is 1. The fourth-order valence-corrected chi connectivity index (χ4v) is 3.84. The Bertz CT molecular complexity index is 961. The number of nitrogens with zero attached hydrogens (tertiary/aromatic N) is 3. The Morgan fingerprint density at radius 3 is 2.57 bits per heavy atom. The van der Waals surface area contributed by atoms with Crippen molar-refractivity contribution >= 4 is 17.7 Å². The van der Waals surface area contributed by atoms with Gasteiger partial charge >= 0.3 is 5.97 Å². The van der Waals surface area contributed by atoms with Crippen LogP contribution in [0, 0.1) is 19.8 Å². The van der Waals surface area contributed by atoms with E-state index in [1.807, 2.05) is 19.1 Å². The second-order valence-corrected chi connectivity index (χ2v) is 7.86. The highest BCUT2D eigenvalue weighted by Gasteiger charge is 2.38. The van der Waals surface area contributed by atoms with Gasteiger partial charge in [0.2, 0.25) is 5.91 Å². The van der Waals surface area contributed by atoms with Crippen LogP contribution in [0.2, 0.25) is 0 Å². The predicted octanol–water partition coefficient (Wildman–Crippen LogP) is 3.22. The molecule has 30 heavy (non-hydrogen) atoms. The van der Waals surface area contributed by atoms with E-state index in [1.54, 1.807) is 49.7 Å². The van der Waals surface area contributed by atoms with Gasteiger partial charge in [-0.25, -0.2) is 4.79 Å². The maximum Gasteiger partial charge on any atom is 0.355 e. The summed E-state index contributed by atoms with van der Waals surface area (Å²) >= 11 is 0. The third kappa shape index (κ3) is 4.15. The van der Waals surface area contributed by atoms with Crippen LogP contribution in [0.3, 0.4) is 0 Å². The van der Waals surface area contributed by atoms with Gasteiger partial charge in [-0.15, -0.1) is 0 Å². The van der Waals surface area contributed by atoms with Gasteiger partial charge in [-0.1, -0.05) is 6.07 Å². The lowest BCUT2D eigenvalue weighted by Crippen LogP contribution is -2.44. The minimum Gasteiger partial charge on any atom is -0.461 e. The Morgan fingerprint density at radius 2 is 2.00 bits per heavy atom. The molecule has 1 atom stereocenters. The molecule has 0 spiro atoms. The van der Waals surface area contributed by atoms with Crippen molar-refractivity contribution in [3.05, 3.63) is 52.6 Å². The fourth-order valence-electron chi connectivity index (χ4n) is 3.84. The van der Waals surface area contributed by atoms with E-state index in [9.17, 15) is 14.4 Å². The Balaban J connectivity index is 1.94. The molecule has 0 aromatic carbocycles. The molecule has 1 aliphatic carbocycles. The molecule has 0 saturated heterocycles. The van der Waals surface area contributed by atoms with E-state index in [0.717, 1.165) is 18.4 Å². The highest BCUT2D eigenvalue weighted by atomic mass is 16.5. The van der Waals surface area contributed by atoms with E-state index in [2.05, 4.69) is 4.98 Å². The van der Waals surface area contributed by atoms with Gasteiger partial charge in [-0.2, -0.15) is 0 Å². The van der Waals surface area contributed by atoms with Crippen molar-refractivity contribution in [2.75, 3.05) is 6.61 Å². The molecule has 0 aliphatic heterocycles. The van der Waals surface area contributed by atoms with Crippen LogP contribution < -0.4 is 0 Å². The van der Waals surface area contributed by atoms with Gasteiger partial charge in [-0.3, -0.25) is 14.6 Å². The van der Waals surface area contributed by atoms with Crippen molar-refractivity contribution in [2.24, 2.45) is 13.0 Å². The average Bonchev–Trinajstić information content (AvgIpc) is 3.54. The van der Waals surface area contributed by atoms with Crippen molar-refractivity contribution in [1.82, 2.24) is 14.5 Å². The molecule has 1 unspecified atom stereocenters. The highest BCUT2D eigenvalue weighted by molar-refractivity contribution is 6.06. The Morgan fingerprint density at radius 1 is 1.30 bits per heavy atom. The number of rotatable bonds is 8. The smallest absolute Gasteiger partial charge is 0.355 e. The Kier molecular flexibility index (Phi) is 6.39. The average molecular weight is 412 g/mol. The molecule has 7 heteroatoms. The molecule has 0 radical (unpaired) electrons. The first-order chi connectivity index (χ1) is 14.3. The summed E-state index contributed by atoms with van der Waals surface area (Å²) in [6, 6.07) is 3.06. The van der Waals surface area contributed by atoms with Crippen LogP contribution in [0.1, 0.15) is 64.4 Å². The van der Waals surface area contributed by atoms with Gasteiger partial charge in [0.25, 0.3) is 0 Å². The lowest BCUT2D eigenvalue weighted by atomic mass is 9.99. The maximum atomic E-state index is 13.5. The normalized spacial score (nSPS) is 14.3. The number of ether oxygens (including phenoxy) is 1. The van der Waals surface area contributed by atoms with Gasteiger partial charge < -0.3 is 14.2 Å². The van der Waals surface area contributed by atoms with Crippen LogP contribution in [0.25, 0.3) is 0 Å². The minimum atomic E-state index is -0.659. The van der Waals surface area contributed by atoms with Crippen molar-refractivity contribution < 1.29 is 19.1 Å². The number of pyridine rings is 1. The summed E-state index contributed by atoms with van der Waals surface area (Å²) in [7, 11) is 1.75. The Labute approximate surface area is 177 Å². The molecule has 1 saturated carbocycles. The number of aromatic nitrogens is 2. The molecular formula is C23H29N3O4. The number of carbonyl (C=O) groups is 3. The van der Waals surface area contributed by atoms with E-state index in [-0.39, 0.29) is 24.2 Å². The SMILES string of the molecule is CCOC(=O)c1c(C)c(C(=O)C(C)N(Cc2cccnc2)C(=O)C2CC2)c(C)n1C. The zero-order valence-electron chi connectivity index (χ0n) is 18.3. The molecule has 1 fully saturated rings. The summed E-state index contributed by atoms with van der Waals surface area (Å²) in [5.74, 6) is -0.635. The lowest BCUT2D eigenvalue weighted by molar-refractivity contribution is -0.134. The van der Waals surface area contributed by atoms with Crippen LogP contribution in [0.15, 0.2) is 24.5 Å². The Hall–Kier alpha value is -2.96. The number of ketones is 1. The molecule has 7 nitrogen and oxygen atoms in total. The van der Waals surface area contributed by atoms with Crippen molar-refractivity contribution in [3.63, 3.8) is 0 Å². The van der Waals surface area contributed by atoms with Crippen molar-refractivity contribution in [2.45, 2.75) is 53.1 Å². The van der Waals surface area contributed by atoms with Crippen LogP contribution in [-0.4, -0.2) is 44.8 Å². The van der Waals surface area contributed by atoms with Crippen LogP contribution in [0.5, 0.6) is 0 Å². The first-order valence-electron chi connectivity index (χ1n) is 10.3. The second-order valence-electron chi connectivity index (χ2n) is 7.86. The zero-order valence-corrected chi connectivity index (χ0v) is 18.3. The fraction of sp³-hybridized carbons (Fsp3) is 0.478. The summed E-state index contributed by atoms with van der Waals surface area (Å²) in [6.07, 6.45) is 5.11. The number of Topliss-reactive ketones (excluding diaryl/α,β-unsaturated/α-hetero) is 1. The number of esters is 1. The molecule has 2 aromatic heterocycles. The van der Waals surface area contributed by atoms with Gasteiger partial charge in [0, 0.05) is 43.2 Å². The first-order valence-corrected chi connectivity index (χ1v) is 10.3. The third-order valence-corrected chi connectivity index (χ3v) is 5.78. The molecule has 0 N–H and O–H groups in total. The van der Waals surface area contributed by atoms with Gasteiger partial charge in [0.05, 0.1) is 12.6 Å². The van der Waals surface area contributed by atoms with E-state index in [0.29, 0.717) is 29.1 Å². The van der Waals surface area contributed by atoms with E-state index in [1.165, 1.54) is 0 Å². The number of carbonyl (C=O) groups excluding carboxylic acids is 3. The summed E-state index contributed by atoms with van der Waals surface area (Å²) in [4.78, 5) is 44.7. The monoisotopic (exact) mass is 411 g/mol. The zero-order chi connectivity index (χ0) is 22.0. The molecule has 2 heterocycles. The van der Waals surface area contributed by atoms with Gasteiger partial charge in [0.15, 0.2) is 5.78 Å². The molecular weight excluding hydrogens is 382 g/mol. The minimum absolute atomic E-state index is 0.00319. The second kappa shape index (κ2) is 8.81. The predicted molar refractivity (Wildman–Crippen MR) is 112 cm³/mol. The number of hydrogen-bond acceptors (Lipinski definition) is 5. The topological polar surface area (TPSA) is 81.5 Å². The molecule has 1 aliphatic rings. The summed E-state index contributed by atoms with van der Waals surface area (Å²) in [5.41, 5.74) is 3.00. The van der Waals surface area contributed by atoms with Crippen molar-refractivity contribution in [3.8, 4) is 0 Å². The lowest BCUT2D eigenvalue weighted by Gasteiger charge is -2.29. The van der Waals surface area contributed by atoms with E-state index >= 15 is 0 Å². The maximum absolute atomic E-state index is 13.5. The quantitative estimate of drug-likeness (QED) is 0.492. The summed E-state index contributed by atoms with van der Waals surface area (Å²) in [6.45, 7) is 7.66. The molecule has 1 amide bonds. The molecule has 160 valence electrons. The molecule has 3 rings (SSSR count). The standard InChI is InChI=1S/C23H29N3O4/c1-6-30-23(29)20-14(2)19(15(3)25(20)5)21(27)16(4)26(22(28)18-9-10-18)13-17-8-7-11-24-12-17/h7-8,11-12,16,18H,6,9-10,13H2,1-5H3. The first kappa shape index (κ1) is 21.7. The van der Waals surface area contributed by atoms with E-state index < -0.39 is 12.0 Å². The van der Waals surface area contributed by atoms with Crippen LogP contribution in [0.4, 0.5) is 0 Å². The van der Waals surface area contributed by atoms with Gasteiger partial charge in [0.1, 0.15) is 5.69 Å². The van der Waals surface area contributed by atoms with Gasteiger partial charge in [-0.05, 0) is 57.7 Å². The third-order valence-electron chi connectivity index (χ3n) is 5.78. The van der Waals surface area contributed by atoms with Crippen LogP contribution in [-0.2, 0) is 23.1 Å². The molecule has 0 bridgehead atoms. The summed E-state index contributed by atoms with van der Waals surface area (Å²) in [5, 5.41) is 0. The molecule has 2 aromatic rings. The number of hydrogen-bond donors (Lipinski definition) is 0.